The molecule has 0 aromatic carbocycles. The maximum atomic E-state index is 5.23. The summed E-state index contributed by atoms with van der Waals surface area (Å²) in [4.78, 5) is 0. The zero-order valence-corrected chi connectivity index (χ0v) is 6.77. The largest absolute Gasteiger partial charge is 0.375 e. The molecule has 58 valence electrons. The normalized spacial score (nSPS) is 10.2. The Morgan fingerprint density at radius 2 is 2.40 bits per heavy atom. The molecule has 0 aliphatic carbocycles. The summed E-state index contributed by atoms with van der Waals surface area (Å²) >= 11 is 4.63. The Kier molecular flexibility index (Phi) is 4.78. The standard InChI is InChI=1S/C5H12N4S/c1-9(5(7)10)8-4-2-3-6/h4H,2-3,6H2,1H3,(H2,7,10). The molecule has 0 saturated heterocycles. The van der Waals surface area contributed by atoms with Crippen LogP contribution in [0.2, 0.25) is 0 Å². The van der Waals surface area contributed by atoms with Crippen LogP contribution in [-0.4, -0.2) is 29.9 Å². The molecule has 0 spiro atoms. The zero-order valence-electron chi connectivity index (χ0n) is 5.95. The van der Waals surface area contributed by atoms with E-state index in [9.17, 15) is 0 Å². The summed E-state index contributed by atoms with van der Waals surface area (Å²) < 4.78 is 0. The fraction of sp³-hybridized carbons (Fsp3) is 0.600. The van der Waals surface area contributed by atoms with Crippen molar-refractivity contribution in [2.45, 2.75) is 6.42 Å². The van der Waals surface area contributed by atoms with E-state index in [0.29, 0.717) is 6.54 Å². The van der Waals surface area contributed by atoms with Crippen molar-refractivity contribution in [3.05, 3.63) is 0 Å². The third kappa shape index (κ3) is 4.22. The number of hydrogen-bond donors (Lipinski definition) is 2. The van der Waals surface area contributed by atoms with Gasteiger partial charge in [-0.15, -0.1) is 0 Å². The Balaban J connectivity index is 3.55. The minimum absolute atomic E-state index is 0.258. The lowest BCUT2D eigenvalue weighted by Gasteiger charge is -2.07. The first kappa shape index (κ1) is 9.32. The number of hydrogen-bond acceptors (Lipinski definition) is 3. The van der Waals surface area contributed by atoms with Crippen LogP contribution in [0.5, 0.6) is 0 Å². The molecule has 4 N–H and O–H groups in total. The van der Waals surface area contributed by atoms with Crippen molar-refractivity contribution < 1.29 is 0 Å². The number of nitrogens with zero attached hydrogens (tertiary/aromatic N) is 2. The van der Waals surface area contributed by atoms with Gasteiger partial charge in [0.15, 0.2) is 5.11 Å². The minimum atomic E-state index is 0.258. The third-order valence-corrected chi connectivity index (χ3v) is 1.13. The van der Waals surface area contributed by atoms with Crippen molar-refractivity contribution in [1.82, 2.24) is 5.01 Å². The summed E-state index contributed by atoms with van der Waals surface area (Å²) in [5, 5.41) is 5.55. The fourth-order valence-corrected chi connectivity index (χ4v) is 0.359. The van der Waals surface area contributed by atoms with Gasteiger partial charge in [0, 0.05) is 13.3 Å². The molecule has 10 heavy (non-hydrogen) atoms. The predicted octanol–water partition coefficient (Wildman–Crippen LogP) is -0.504. The lowest BCUT2D eigenvalue weighted by Crippen LogP contribution is -2.27. The van der Waals surface area contributed by atoms with E-state index in [-0.39, 0.29) is 5.11 Å². The average molecular weight is 160 g/mol. The highest BCUT2D eigenvalue weighted by atomic mass is 32.1. The predicted molar refractivity (Wildman–Crippen MR) is 46.7 cm³/mol. The molecule has 0 heterocycles. The van der Waals surface area contributed by atoms with Crippen LogP contribution in [0.4, 0.5) is 0 Å². The molecule has 0 aromatic heterocycles. The van der Waals surface area contributed by atoms with Gasteiger partial charge in [0.2, 0.25) is 0 Å². The van der Waals surface area contributed by atoms with Crippen LogP contribution < -0.4 is 11.5 Å². The molecular formula is C5H12N4S. The van der Waals surface area contributed by atoms with Gasteiger partial charge in [-0.05, 0) is 25.2 Å². The van der Waals surface area contributed by atoms with Gasteiger partial charge in [-0.2, -0.15) is 5.10 Å². The monoisotopic (exact) mass is 160 g/mol. The first-order chi connectivity index (χ1) is 4.68. The van der Waals surface area contributed by atoms with Crippen LogP contribution >= 0.6 is 12.2 Å². The molecule has 4 nitrogen and oxygen atoms in total. The van der Waals surface area contributed by atoms with Crippen molar-refractivity contribution in [3.8, 4) is 0 Å². The van der Waals surface area contributed by atoms with E-state index < -0.39 is 0 Å². The number of nitrogens with two attached hydrogens (primary N) is 2. The molecule has 0 fully saturated rings. The number of thiocarbonyl (C=S) groups is 1. The van der Waals surface area contributed by atoms with Crippen molar-refractivity contribution in [1.29, 1.82) is 0 Å². The minimum Gasteiger partial charge on any atom is -0.375 e. The van der Waals surface area contributed by atoms with Crippen molar-refractivity contribution in [2.75, 3.05) is 13.6 Å². The van der Waals surface area contributed by atoms with Gasteiger partial charge in [-0.3, -0.25) is 0 Å². The van der Waals surface area contributed by atoms with Gasteiger partial charge < -0.3 is 11.5 Å². The molecule has 0 bridgehead atoms. The van der Waals surface area contributed by atoms with Gasteiger partial charge in [-0.25, -0.2) is 5.01 Å². The third-order valence-electron chi connectivity index (χ3n) is 0.870. The maximum Gasteiger partial charge on any atom is 0.186 e. The van der Waals surface area contributed by atoms with E-state index in [1.807, 2.05) is 0 Å². The lowest BCUT2D eigenvalue weighted by molar-refractivity contribution is 0.550. The summed E-state index contributed by atoms with van der Waals surface area (Å²) in [6.07, 6.45) is 2.42. The van der Waals surface area contributed by atoms with Gasteiger partial charge in [0.1, 0.15) is 0 Å². The molecule has 0 atom stereocenters. The Morgan fingerprint density at radius 3 is 2.80 bits per heavy atom. The first-order valence-electron chi connectivity index (χ1n) is 2.94. The van der Waals surface area contributed by atoms with E-state index in [0.717, 1.165) is 6.42 Å². The molecule has 0 amide bonds. The SMILES string of the molecule is CN(N=CCCN)C(N)=S. The molecular weight excluding hydrogens is 148 g/mol. The quantitative estimate of drug-likeness (QED) is 0.332. The molecule has 0 aliphatic rings. The van der Waals surface area contributed by atoms with Gasteiger partial charge in [0.25, 0.3) is 0 Å². The van der Waals surface area contributed by atoms with Gasteiger partial charge in [0.05, 0.1) is 0 Å². The van der Waals surface area contributed by atoms with Crippen LogP contribution in [-0.2, 0) is 0 Å². The highest BCUT2D eigenvalue weighted by Gasteiger charge is 1.90. The van der Waals surface area contributed by atoms with E-state index in [2.05, 4.69) is 17.3 Å². The van der Waals surface area contributed by atoms with E-state index in [1.165, 1.54) is 5.01 Å². The first-order valence-corrected chi connectivity index (χ1v) is 3.35. The van der Waals surface area contributed by atoms with Gasteiger partial charge >= 0.3 is 0 Å². The highest BCUT2D eigenvalue weighted by Crippen LogP contribution is 1.81. The molecule has 0 unspecified atom stereocenters. The molecule has 0 radical (unpaired) electrons. The number of rotatable bonds is 3. The van der Waals surface area contributed by atoms with Crippen LogP contribution in [0, 0.1) is 0 Å². The van der Waals surface area contributed by atoms with E-state index in [4.69, 9.17) is 11.5 Å². The molecule has 0 aliphatic heterocycles. The van der Waals surface area contributed by atoms with Gasteiger partial charge in [-0.1, -0.05) is 0 Å². The Labute approximate surface area is 65.9 Å². The second kappa shape index (κ2) is 5.13. The maximum absolute atomic E-state index is 5.23. The second-order valence-corrected chi connectivity index (χ2v) is 2.16. The smallest absolute Gasteiger partial charge is 0.186 e. The van der Waals surface area contributed by atoms with Crippen LogP contribution in [0.3, 0.4) is 0 Å². The molecule has 5 heteroatoms. The molecule has 0 rings (SSSR count). The topological polar surface area (TPSA) is 67.6 Å². The number of hydrazone groups is 1. The molecule has 0 saturated carbocycles. The Morgan fingerprint density at radius 1 is 1.80 bits per heavy atom. The summed E-state index contributed by atoms with van der Waals surface area (Å²) in [7, 11) is 1.69. The summed E-state index contributed by atoms with van der Waals surface area (Å²) in [6.45, 7) is 0.592. The van der Waals surface area contributed by atoms with Crippen molar-refractivity contribution >= 4 is 23.5 Å². The van der Waals surface area contributed by atoms with E-state index >= 15 is 0 Å². The zero-order chi connectivity index (χ0) is 7.98. The van der Waals surface area contributed by atoms with Crippen molar-refractivity contribution in [2.24, 2.45) is 16.6 Å². The highest BCUT2D eigenvalue weighted by molar-refractivity contribution is 7.80. The lowest BCUT2D eigenvalue weighted by atomic mass is 10.5. The molecule has 0 aromatic rings. The Bertz CT molecular complexity index is 134. The van der Waals surface area contributed by atoms with Crippen LogP contribution in [0.1, 0.15) is 6.42 Å². The van der Waals surface area contributed by atoms with Crippen LogP contribution in [0.25, 0.3) is 0 Å². The fourth-order valence-electron chi connectivity index (χ4n) is 0.312. The van der Waals surface area contributed by atoms with Crippen LogP contribution in [0.15, 0.2) is 5.10 Å². The average Bonchev–Trinajstić information content (AvgIpc) is 1.88. The summed E-state index contributed by atoms with van der Waals surface area (Å²) in [5.74, 6) is 0. The Hall–Kier alpha value is -0.680. The second-order valence-electron chi connectivity index (χ2n) is 1.74. The van der Waals surface area contributed by atoms with E-state index in [1.54, 1.807) is 13.3 Å². The summed E-state index contributed by atoms with van der Waals surface area (Å²) in [6, 6.07) is 0. The van der Waals surface area contributed by atoms with Crippen molar-refractivity contribution in [3.63, 3.8) is 0 Å². The summed E-state index contributed by atoms with van der Waals surface area (Å²) in [5.41, 5.74) is 10.4.